The minimum absolute atomic E-state index is 0.0199. The third-order valence-corrected chi connectivity index (χ3v) is 5.87. The van der Waals surface area contributed by atoms with Gasteiger partial charge in [0.1, 0.15) is 4.90 Å². The maximum absolute atomic E-state index is 12.9. The second kappa shape index (κ2) is 9.45. The van der Waals surface area contributed by atoms with Crippen LogP contribution in [0.1, 0.15) is 15.9 Å². The van der Waals surface area contributed by atoms with Crippen molar-refractivity contribution in [2.75, 3.05) is 10.1 Å². The standard InChI is InChI=1S/C20H15ClN4O6S/c21-16-3-1-2-4-17(16)24-32(30,31)19-11-15(25(28)29)9-10-18(19)23-22-12-13-5-7-14(8-6-13)20(26)27/h1-12,23-24H,(H,26,27). The van der Waals surface area contributed by atoms with E-state index in [0.29, 0.717) is 5.56 Å². The summed E-state index contributed by atoms with van der Waals surface area (Å²) in [5.41, 5.74) is 2.85. The minimum atomic E-state index is -4.27. The predicted molar refractivity (Wildman–Crippen MR) is 120 cm³/mol. The Balaban J connectivity index is 1.91. The molecule has 12 heteroatoms. The lowest BCUT2D eigenvalue weighted by molar-refractivity contribution is -0.385. The van der Waals surface area contributed by atoms with E-state index in [4.69, 9.17) is 16.7 Å². The predicted octanol–water partition coefficient (Wildman–Crippen LogP) is 4.19. The molecule has 0 saturated heterocycles. The smallest absolute Gasteiger partial charge is 0.335 e. The molecule has 164 valence electrons. The first-order chi connectivity index (χ1) is 15.2. The van der Waals surface area contributed by atoms with Crippen LogP contribution in [-0.4, -0.2) is 30.6 Å². The first-order valence-corrected chi connectivity index (χ1v) is 10.7. The van der Waals surface area contributed by atoms with Crippen LogP contribution in [0.2, 0.25) is 5.02 Å². The third kappa shape index (κ3) is 5.39. The fraction of sp³-hybridized carbons (Fsp3) is 0. The molecule has 0 spiro atoms. The Hall–Kier alpha value is -3.96. The highest BCUT2D eigenvalue weighted by Crippen LogP contribution is 2.30. The van der Waals surface area contributed by atoms with Gasteiger partial charge in [-0.25, -0.2) is 13.2 Å². The average molecular weight is 475 g/mol. The number of carboxylic acid groups (broad SMARTS) is 1. The molecule has 0 heterocycles. The van der Waals surface area contributed by atoms with Crippen LogP contribution < -0.4 is 10.1 Å². The van der Waals surface area contributed by atoms with E-state index in [0.717, 1.165) is 12.1 Å². The van der Waals surface area contributed by atoms with E-state index in [9.17, 15) is 23.3 Å². The van der Waals surface area contributed by atoms with Gasteiger partial charge in [0.25, 0.3) is 15.7 Å². The van der Waals surface area contributed by atoms with Gasteiger partial charge in [-0.15, -0.1) is 0 Å². The average Bonchev–Trinajstić information content (AvgIpc) is 2.75. The monoisotopic (exact) mass is 474 g/mol. The molecule has 0 bridgehead atoms. The zero-order chi connectivity index (χ0) is 23.3. The van der Waals surface area contributed by atoms with Crippen LogP contribution in [0, 0.1) is 10.1 Å². The number of rotatable bonds is 8. The SMILES string of the molecule is O=C(O)c1ccc(C=NNc2ccc([N+](=O)[O-])cc2S(=O)(=O)Nc2ccccc2Cl)cc1. The van der Waals surface area contributed by atoms with Crippen LogP contribution in [-0.2, 0) is 10.0 Å². The minimum Gasteiger partial charge on any atom is -0.478 e. The molecule has 0 radical (unpaired) electrons. The summed E-state index contributed by atoms with van der Waals surface area (Å²) in [6.07, 6.45) is 1.34. The van der Waals surface area contributed by atoms with E-state index in [1.54, 1.807) is 12.1 Å². The number of nitro groups is 1. The summed E-state index contributed by atoms with van der Waals surface area (Å²) in [7, 11) is -4.27. The molecule has 0 fully saturated rings. The molecule has 0 aliphatic heterocycles. The van der Waals surface area contributed by atoms with Crippen molar-refractivity contribution in [2.45, 2.75) is 4.90 Å². The van der Waals surface area contributed by atoms with Gasteiger partial charge in [0.15, 0.2) is 0 Å². The second-order valence-corrected chi connectivity index (χ2v) is 8.38. The van der Waals surface area contributed by atoms with Crippen LogP contribution >= 0.6 is 11.6 Å². The fourth-order valence-corrected chi connectivity index (χ4v) is 4.07. The number of hydrogen-bond acceptors (Lipinski definition) is 7. The van der Waals surface area contributed by atoms with Crippen molar-refractivity contribution in [3.63, 3.8) is 0 Å². The molecule has 3 aromatic carbocycles. The molecule has 10 nitrogen and oxygen atoms in total. The van der Waals surface area contributed by atoms with Crippen LogP contribution in [0.3, 0.4) is 0 Å². The summed E-state index contributed by atoms with van der Waals surface area (Å²) in [4.78, 5) is 20.9. The number of halogens is 1. The molecule has 3 aromatic rings. The fourth-order valence-electron chi connectivity index (χ4n) is 2.57. The number of carboxylic acids is 1. The van der Waals surface area contributed by atoms with Gasteiger partial charge in [0, 0.05) is 12.1 Å². The number of hydrazone groups is 1. The normalized spacial score (nSPS) is 11.3. The molecule has 0 aliphatic rings. The number of benzene rings is 3. The van der Waals surface area contributed by atoms with Crippen molar-refractivity contribution in [3.8, 4) is 0 Å². The van der Waals surface area contributed by atoms with Gasteiger partial charge < -0.3 is 5.11 Å². The Kier molecular flexibility index (Phi) is 6.71. The summed E-state index contributed by atoms with van der Waals surface area (Å²) in [5.74, 6) is -1.07. The van der Waals surface area contributed by atoms with Crippen LogP contribution in [0.15, 0.2) is 76.7 Å². The molecular weight excluding hydrogens is 460 g/mol. The Morgan fingerprint density at radius 3 is 2.38 bits per heavy atom. The molecule has 32 heavy (non-hydrogen) atoms. The first-order valence-electron chi connectivity index (χ1n) is 8.85. The molecule has 0 unspecified atom stereocenters. The highest BCUT2D eigenvalue weighted by molar-refractivity contribution is 7.93. The third-order valence-electron chi connectivity index (χ3n) is 4.14. The van der Waals surface area contributed by atoms with Crippen molar-refractivity contribution >= 4 is 50.9 Å². The molecule has 3 rings (SSSR count). The first kappa shape index (κ1) is 22.7. The van der Waals surface area contributed by atoms with Gasteiger partial charge in [-0.2, -0.15) is 5.10 Å². The van der Waals surface area contributed by atoms with Crippen molar-refractivity contribution in [3.05, 3.63) is 93.0 Å². The topological polar surface area (TPSA) is 151 Å². The number of non-ortho nitro benzene ring substituents is 1. The molecule has 0 atom stereocenters. The molecule has 0 amide bonds. The number of hydrogen-bond donors (Lipinski definition) is 3. The maximum Gasteiger partial charge on any atom is 0.335 e. The van der Waals surface area contributed by atoms with Gasteiger partial charge in [0.2, 0.25) is 0 Å². The maximum atomic E-state index is 12.9. The Morgan fingerprint density at radius 2 is 1.75 bits per heavy atom. The summed E-state index contributed by atoms with van der Waals surface area (Å²) in [5, 5.41) is 24.2. The van der Waals surface area contributed by atoms with Crippen LogP contribution in [0.5, 0.6) is 0 Å². The summed E-state index contributed by atoms with van der Waals surface area (Å²) in [6, 6.07) is 15.2. The zero-order valence-corrected chi connectivity index (χ0v) is 17.7. The van der Waals surface area contributed by atoms with Crippen molar-refractivity contribution in [1.82, 2.24) is 0 Å². The van der Waals surface area contributed by atoms with E-state index >= 15 is 0 Å². The lowest BCUT2D eigenvalue weighted by Gasteiger charge is -2.12. The van der Waals surface area contributed by atoms with Crippen molar-refractivity contribution in [1.29, 1.82) is 0 Å². The van der Waals surface area contributed by atoms with E-state index < -0.39 is 31.5 Å². The molecule has 3 N–H and O–H groups in total. The molecule has 0 aromatic heterocycles. The van der Waals surface area contributed by atoms with Crippen LogP contribution in [0.4, 0.5) is 17.1 Å². The van der Waals surface area contributed by atoms with Crippen LogP contribution in [0.25, 0.3) is 0 Å². The largest absolute Gasteiger partial charge is 0.478 e. The molecular formula is C20H15ClN4O6S. The zero-order valence-electron chi connectivity index (χ0n) is 16.1. The number of sulfonamides is 1. The summed E-state index contributed by atoms with van der Waals surface area (Å²) in [6.45, 7) is 0. The van der Waals surface area contributed by atoms with Gasteiger partial charge in [-0.3, -0.25) is 20.3 Å². The Morgan fingerprint density at radius 1 is 1.06 bits per heavy atom. The second-order valence-electron chi connectivity index (χ2n) is 6.32. The van der Waals surface area contributed by atoms with E-state index in [-0.39, 0.29) is 22.0 Å². The van der Waals surface area contributed by atoms with E-state index in [1.165, 1.54) is 48.7 Å². The number of aromatic carboxylic acids is 1. The number of carbonyl (C=O) groups is 1. The van der Waals surface area contributed by atoms with Gasteiger partial charge in [0.05, 0.1) is 33.1 Å². The van der Waals surface area contributed by atoms with Gasteiger partial charge in [-0.05, 0) is 35.9 Å². The lowest BCUT2D eigenvalue weighted by atomic mass is 10.1. The summed E-state index contributed by atoms with van der Waals surface area (Å²) < 4.78 is 28.2. The number of anilines is 2. The Labute approximate surface area is 187 Å². The lowest BCUT2D eigenvalue weighted by Crippen LogP contribution is -2.15. The van der Waals surface area contributed by atoms with Gasteiger partial charge in [-0.1, -0.05) is 35.9 Å². The van der Waals surface area contributed by atoms with E-state index in [2.05, 4.69) is 15.2 Å². The quantitative estimate of drug-likeness (QED) is 0.251. The number of nitrogens with zero attached hydrogens (tertiary/aromatic N) is 2. The molecule has 0 saturated carbocycles. The molecule has 0 aliphatic carbocycles. The number of para-hydroxylation sites is 1. The van der Waals surface area contributed by atoms with Crippen molar-refractivity contribution in [2.24, 2.45) is 5.10 Å². The van der Waals surface area contributed by atoms with Crippen molar-refractivity contribution < 1.29 is 23.2 Å². The van der Waals surface area contributed by atoms with Gasteiger partial charge >= 0.3 is 5.97 Å². The summed E-state index contributed by atoms with van der Waals surface area (Å²) >= 11 is 6.01. The highest BCUT2D eigenvalue weighted by Gasteiger charge is 2.23. The van der Waals surface area contributed by atoms with E-state index in [1.807, 2.05) is 0 Å². The highest BCUT2D eigenvalue weighted by atomic mass is 35.5. The Bertz CT molecular complexity index is 1310. The number of nitro benzene ring substituents is 1. The number of nitrogens with one attached hydrogen (secondary N) is 2.